The molecule has 0 bridgehead atoms. The molecule has 0 radical (unpaired) electrons. The second-order valence-electron chi connectivity index (χ2n) is 11.5. The molecular weight excluding hydrogens is 596 g/mol. The summed E-state index contributed by atoms with van der Waals surface area (Å²) in [6.45, 7) is 4.97. The van der Waals surface area contributed by atoms with Crippen LogP contribution < -0.4 is 0 Å². The molecule has 3 spiro atoms. The molecule has 0 unspecified atom stereocenters. The van der Waals surface area contributed by atoms with E-state index in [-0.39, 0.29) is 73.7 Å². The molecule has 2 saturated carbocycles. The molecule has 3 heterocycles. The standard InChI is InChI=1S/C31H34O14/c1-4-39-24(34)19-9-11-29(12-10-19)42-25(35)20(26(36)43-29)7-5-17(2)6-8-21-27(37)44-31(45-28(21)38)15-13-30(14-16-31)40-22(32)18(3)23(33)41-30/h5-8,19,32,37H,4,9-16H2,1-3H3/b8-6+,17-5+,20-7?. The van der Waals surface area contributed by atoms with Crippen molar-refractivity contribution in [3.8, 4) is 0 Å². The fourth-order valence-corrected chi connectivity index (χ4v) is 5.66. The van der Waals surface area contributed by atoms with Crippen molar-refractivity contribution >= 4 is 29.8 Å². The molecule has 3 aliphatic heterocycles. The van der Waals surface area contributed by atoms with E-state index in [1.54, 1.807) is 13.8 Å². The maximum atomic E-state index is 12.8. The zero-order valence-electron chi connectivity index (χ0n) is 25.0. The molecule has 0 amide bonds. The van der Waals surface area contributed by atoms with Crippen LogP contribution in [0.15, 0.2) is 58.5 Å². The van der Waals surface area contributed by atoms with E-state index in [1.165, 1.54) is 31.2 Å². The van der Waals surface area contributed by atoms with Crippen molar-refractivity contribution in [2.75, 3.05) is 6.61 Å². The van der Waals surface area contributed by atoms with E-state index >= 15 is 0 Å². The molecule has 14 heteroatoms. The number of ether oxygens (including phenoxy) is 7. The maximum absolute atomic E-state index is 12.8. The van der Waals surface area contributed by atoms with Crippen LogP contribution in [0.4, 0.5) is 0 Å². The predicted octanol–water partition coefficient (Wildman–Crippen LogP) is 3.64. The number of aliphatic hydroxyl groups excluding tert-OH is 2. The van der Waals surface area contributed by atoms with Crippen molar-refractivity contribution in [1.82, 2.24) is 0 Å². The van der Waals surface area contributed by atoms with Gasteiger partial charge < -0.3 is 43.4 Å². The van der Waals surface area contributed by atoms with Crippen molar-refractivity contribution in [3.63, 3.8) is 0 Å². The van der Waals surface area contributed by atoms with Crippen molar-refractivity contribution in [2.45, 2.75) is 89.5 Å². The molecule has 0 atom stereocenters. The highest BCUT2D eigenvalue weighted by atomic mass is 16.8. The van der Waals surface area contributed by atoms with Gasteiger partial charge in [0, 0.05) is 38.5 Å². The number of rotatable bonds is 5. The molecule has 5 aliphatic rings. The Balaban J connectivity index is 1.19. The monoisotopic (exact) mass is 630 g/mol. The van der Waals surface area contributed by atoms with E-state index in [0.717, 1.165) is 0 Å². The summed E-state index contributed by atoms with van der Waals surface area (Å²) in [6.07, 6.45) is 6.47. The zero-order chi connectivity index (χ0) is 32.6. The summed E-state index contributed by atoms with van der Waals surface area (Å²) in [5.74, 6) is -9.54. The van der Waals surface area contributed by atoms with Crippen LogP contribution in [0.25, 0.3) is 0 Å². The molecule has 2 aliphatic carbocycles. The third-order valence-corrected chi connectivity index (χ3v) is 8.36. The number of esters is 5. The van der Waals surface area contributed by atoms with Gasteiger partial charge in [0.2, 0.25) is 0 Å². The number of hydrogen-bond acceptors (Lipinski definition) is 14. The van der Waals surface area contributed by atoms with E-state index in [4.69, 9.17) is 33.2 Å². The topological polar surface area (TPSA) is 190 Å². The predicted molar refractivity (Wildman–Crippen MR) is 148 cm³/mol. The lowest BCUT2D eigenvalue weighted by molar-refractivity contribution is -0.303. The number of carbonyl (C=O) groups is 5. The highest BCUT2D eigenvalue weighted by Crippen LogP contribution is 2.46. The van der Waals surface area contributed by atoms with Gasteiger partial charge in [-0.2, -0.15) is 0 Å². The lowest BCUT2D eigenvalue weighted by Gasteiger charge is -2.46. The summed E-state index contributed by atoms with van der Waals surface area (Å²) in [6, 6.07) is 0. The van der Waals surface area contributed by atoms with Gasteiger partial charge in [0.1, 0.15) is 16.7 Å². The molecular formula is C31H34O14. The van der Waals surface area contributed by atoms with Crippen molar-refractivity contribution in [2.24, 2.45) is 5.92 Å². The SMILES string of the molecule is CCOC(=O)C1CCC2(CC1)OC(=O)C(=C/C=C(C)/C=C/C1=C(O)OC3(CCC4(CC3)OC(=O)C(C)=C(O)O4)OC1=O)C(=O)O2. The molecule has 0 aromatic heterocycles. The first kappa shape index (κ1) is 31.7. The minimum Gasteiger partial charge on any atom is -0.481 e. The Labute approximate surface area is 257 Å². The molecule has 2 N–H and O–H groups in total. The van der Waals surface area contributed by atoms with Crippen molar-refractivity contribution < 1.29 is 67.3 Å². The lowest BCUT2D eigenvalue weighted by atomic mass is 9.84. The quantitative estimate of drug-likeness (QED) is 0.147. The summed E-state index contributed by atoms with van der Waals surface area (Å²) in [5.41, 5.74) is -0.177. The van der Waals surface area contributed by atoms with Crippen LogP contribution in [0.3, 0.4) is 0 Å². The van der Waals surface area contributed by atoms with Crippen LogP contribution in [0.1, 0.15) is 72.1 Å². The van der Waals surface area contributed by atoms with Crippen LogP contribution in [-0.2, 0) is 57.1 Å². The van der Waals surface area contributed by atoms with Gasteiger partial charge in [-0.3, -0.25) is 4.79 Å². The normalized spacial score (nSPS) is 32.2. The first-order chi connectivity index (χ1) is 21.3. The minimum atomic E-state index is -1.52. The summed E-state index contributed by atoms with van der Waals surface area (Å²) in [5, 5.41) is 20.5. The number of hydrogen-bond donors (Lipinski definition) is 2. The summed E-state index contributed by atoms with van der Waals surface area (Å²) in [7, 11) is 0. The number of carbonyl (C=O) groups excluding carboxylic acids is 5. The van der Waals surface area contributed by atoms with Gasteiger partial charge in [0.15, 0.2) is 0 Å². The molecule has 45 heavy (non-hydrogen) atoms. The van der Waals surface area contributed by atoms with Gasteiger partial charge in [0.05, 0.1) is 12.5 Å². The van der Waals surface area contributed by atoms with Crippen LogP contribution in [-0.4, -0.2) is 64.0 Å². The van der Waals surface area contributed by atoms with Gasteiger partial charge in [-0.1, -0.05) is 17.7 Å². The zero-order valence-corrected chi connectivity index (χ0v) is 25.0. The van der Waals surface area contributed by atoms with Gasteiger partial charge >= 0.3 is 29.8 Å². The molecule has 14 nitrogen and oxygen atoms in total. The highest BCUT2D eigenvalue weighted by molar-refractivity contribution is 6.15. The first-order valence-electron chi connectivity index (χ1n) is 14.7. The van der Waals surface area contributed by atoms with E-state index in [0.29, 0.717) is 18.4 Å². The molecule has 1 saturated heterocycles. The van der Waals surface area contributed by atoms with E-state index < -0.39 is 53.1 Å². The fourth-order valence-electron chi connectivity index (χ4n) is 5.66. The molecule has 242 valence electrons. The smallest absolute Gasteiger partial charge is 0.348 e. The Kier molecular flexibility index (Phi) is 8.43. The van der Waals surface area contributed by atoms with E-state index in [9.17, 15) is 34.2 Å². The first-order valence-corrected chi connectivity index (χ1v) is 14.7. The third-order valence-electron chi connectivity index (χ3n) is 8.36. The van der Waals surface area contributed by atoms with E-state index in [1.807, 2.05) is 0 Å². The highest BCUT2D eigenvalue weighted by Gasteiger charge is 2.55. The minimum absolute atomic E-state index is 0.00532. The van der Waals surface area contributed by atoms with Crippen LogP contribution in [0, 0.1) is 5.92 Å². The average molecular weight is 631 g/mol. The Morgan fingerprint density at radius 3 is 1.84 bits per heavy atom. The number of aliphatic hydroxyl groups is 2. The largest absolute Gasteiger partial charge is 0.481 e. The van der Waals surface area contributed by atoms with Crippen LogP contribution in [0.5, 0.6) is 0 Å². The lowest BCUT2D eigenvalue weighted by Crippen LogP contribution is -2.52. The van der Waals surface area contributed by atoms with Crippen LogP contribution >= 0.6 is 0 Å². The molecule has 3 fully saturated rings. The molecule has 0 aromatic carbocycles. The molecule has 5 rings (SSSR count). The van der Waals surface area contributed by atoms with Gasteiger partial charge in [-0.15, -0.1) is 0 Å². The second kappa shape index (κ2) is 12.0. The second-order valence-corrected chi connectivity index (χ2v) is 11.5. The Morgan fingerprint density at radius 1 is 0.800 bits per heavy atom. The van der Waals surface area contributed by atoms with E-state index in [2.05, 4.69) is 0 Å². The average Bonchev–Trinajstić information content (AvgIpc) is 2.97. The maximum Gasteiger partial charge on any atom is 0.348 e. The van der Waals surface area contributed by atoms with Gasteiger partial charge in [-0.05, 0) is 45.8 Å². The number of allylic oxidation sites excluding steroid dienone is 4. The Bertz CT molecular complexity index is 1440. The van der Waals surface area contributed by atoms with Gasteiger partial charge in [-0.25, -0.2) is 19.2 Å². The Hall–Kier alpha value is -4.75. The summed E-state index contributed by atoms with van der Waals surface area (Å²) in [4.78, 5) is 62.3. The van der Waals surface area contributed by atoms with Gasteiger partial charge in [0.25, 0.3) is 29.3 Å². The molecule has 0 aromatic rings. The summed E-state index contributed by atoms with van der Waals surface area (Å²) < 4.78 is 37.9. The van der Waals surface area contributed by atoms with Crippen molar-refractivity contribution in [1.29, 1.82) is 0 Å². The third kappa shape index (κ3) is 6.40. The fraction of sp³-hybridized carbons (Fsp3) is 0.516. The van der Waals surface area contributed by atoms with Crippen molar-refractivity contribution in [3.05, 3.63) is 58.5 Å². The Morgan fingerprint density at radius 2 is 1.31 bits per heavy atom. The summed E-state index contributed by atoms with van der Waals surface area (Å²) >= 11 is 0. The van der Waals surface area contributed by atoms with Crippen LogP contribution in [0.2, 0.25) is 0 Å².